The number of hydrogen-bond donors (Lipinski definition) is 1. The van der Waals surface area contributed by atoms with Gasteiger partial charge in [0.05, 0.1) is 0 Å². The highest BCUT2D eigenvalue weighted by atomic mass is 19.4. The second-order valence-electron chi connectivity index (χ2n) is 4.34. The zero-order valence-electron chi connectivity index (χ0n) is 10.1. The standard InChI is InChI=1S/C12H13F5O/c1-6-4-7(2)9(8(3)5-6)10(18)11(13,14)12(15,16)17/h4-5,10,18H,1-3H3. The molecule has 0 saturated heterocycles. The van der Waals surface area contributed by atoms with E-state index in [9.17, 15) is 27.1 Å². The highest BCUT2D eigenvalue weighted by molar-refractivity contribution is 5.40. The zero-order chi connectivity index (χ0) is 14.3. The summed E-state index contributed by atoms with van der Waals surface area (Å²) in [6, 6.07) is 2.91. The fraction of sp³-hybridized carbons (Fsp3) is 0.500. The quantitative estimate of drug-likeness (QED) is 0.808. The topological polar surface area (TPSA) is 20.2 Å². The molecule has 0 aliphatic carbocycles. The number of aryl methyl sites for hydroxylation is 3. The van der Waals surface area contributed by atoms with Gasteiger partial charge in [-0.1, -0.05) is 17.7 Å². The van der Waals surface area contributed by atoms with E-state index in [0.717, 1.165) is 5.56 Å². The van der Waals surface area contributed by atoms with Crippen LogP contribution in [0.25, 0.3) is 0 Å². The zero-order valence-corrected chi connectivity index (χ0v) is 10.1. The SMILES string of the molecule is Cc1cc(C)c(C(O)C(F)(F)C(F)(F)F)c(C)c1. The maximum Gasteiger partial charge on any atom is 0.456 e. The van der Waals surface area contributed by atoms with Crippen LogP contribution in [0.4, 0.5) is 22.0 Å². The first kappa shape index (κ1) is 14.9. The smallest absolute Gasteiger partial charge is 0.382 e. The minimum atomic E-state index is -5.78. The Kier molecular flexibility index (Phi) is 3.72. The van der Waals surface area contributed by atoms with E-state index in [0.29, 0.717) is 0 Å². The van der Waals surface area contributed by atoms with Gasteiger partial charge >= 0.3 is 12.1 Å². The van der Waals surface area contributed by atoms with E-state index >= 15 is 0 Å². The lowest BCUT2D eigenvalue weighted by molar-refractivity contribution is -0.315. The second kappa shape index (κ2) is 4.50. The van der Waals surface area contributed by atoms with Crippen LogP contribution in [-0.4, -0.2) is 17.2 Å². The summed E-state index contributed by atoms with van der Waals surface area (Å²) in [5.74, 6) is -5.17. The van der Waals surface area contributed by atoms with Crippen LogP contribution >= 0.6 is 0 Å². The molecule has 18 heavy (non-hydrogen) atoms. The Labute approximate surface area is 101 Å². The summed E-state index contributed by atoms with van der Waals surface area (Å²) in [5, 5.41) is 9.37. The van der Waals surface area contributed by atoms with E-state index in [4.69, 9.17) is 0 Å². The van der Waals surface area contributed by atoms with Gasteiger partial charge in [-0.25, -0.2) is 0 Å². The van der Waals surface area contributed by atoms with Gasteiger partial charge in [-0.15, -0.1) is 0 Å². The fourth-order valence-electron chi connectivity index (χ4n) is 1.96. The summed E-state index contributed by atoms with van der Waals surface area (Å²) in [6.45, 7) is 4.48. The Balaban J connectivity index is 3.32. The van der Waals surface area contributed by atoms with Crippen molar-refractivity contribution in [2.45, 2.75) is 39.0 Å². The molecule has 102 valence electrons. The van der Waals surface area contributed by atoms with Crippen molar-refractivity contribution in [2.24, 2.45) is 0 Å². The molecule has 1 aromatic carbocycles. The van der Waals surface area contributed by atoms with E-state index in [1.807, 2.05) is 0 Å². The lowest BCUT2D eigenvalue weighted by Crippen LogP contribution is -2.42. The monoisotopic (exact) mass is 268 g/mol. The van der Waals surface area contributed by atoms with Crippen molar-refractivity contribution in [3.05, 3.63) is 34.4 Å². The van der Waals surface area contributed by atoms with Crippen LogP contribution in [0.3, 0.4) is 0 Å². The van der Waals surface area contributed by atoms with Gasteiger partial charge in [0.15, 0.2) is 6.10 Å². The van der Waals surface area contributed by atoms with Crippen molar-refractivity contribution in [3.63, 3.8) is 0 Å². The van der Waals surface area contributed by atoms with Crippen LogP contribution < -0.4 is 0 Å². The number of halogens is 5. The first-order valence-corrected chi connectivity index (χ1v) is 5.19. The highest BCUT2D eigenvalue weighted by Gasteiger charge is 2.63. The minimum Gasteiger partial charge on any atom is -0.382 e. The summed E-state index contributed by atoms with van der Waals surface area (Å²) in [7, 11) is 0. The fourth-order valence-corrected chi connectivity index (χ4v) is 1.96. The molecule has 0 aromatic heterocycles. The van der Waals surface area contributed by atoms with Crippen LogP contribution in [0.5, 0.6) is 0 Å². The molecule has 0 aliphatic heterocycles. The van der Waals surface area contributed by atoms with Gasteiger partial charge in [0, 0.05) is 0 Å². The molecule has 1 unspecified atom stereocenters. The molecule has 0 spiro atoms. The van der Waals surface area contributed by atoms with Gasteiger partial charge in [-0.05, 0) is 37.5 Å². The number of alkyl halides is 5. The molecule has 0 saturated carbocycles. The molecule has 1 aromatic rings. The van der Waals surface area contributed by atoms with Crippen molar-refractivity contribution in [1.29, 1.82) is 0 Å². The van der Waals surface area contributed by atoms with Crippen molar-refractivity contribution in [2.75, 3.05) is 0 Å². The Hall–Kier alpha value is -1.17. The van der Waals surface area contributed by atoms with Crippen molar-refractivity contribution >= 4 is 0 Å². The van der Waals surface area contributed by atoms with Gasteiger partial charge in [-0.3, -0.25) is 0 Å². The molecule has 0 heterocycles. The Morgan fingerprint density at radius 1 is 0.944 bits per heavy atom. The van der Waals surface area contributed by atoms with Crippen LogP contribution in [0.15, 0.2) is 12.1 Å². The van der Waals surface area contributed by atoms with E-state index in [-0.39, 0.29) is 16.7 Å². The Bertz CT molecular complexity index is 427. The van der Waals surface area contributed by atoms with Gasteiger partial charge in [0.25, 0.3) is 0 Å². The van der Waals surface area contributed by atoms with Crippen LogP contribution in [0.2, 0.25) is 0 Å². The lowest BCUT2D eigenvalue weighted by Gasteiger charge is -2.27. The summed E-state index contributed by atoms with van der Waals surface area (Å²) in [6.07, 6.45) is -8.67. The average Bonchev–Trinajstić information content (AvgIpc) is 2.13. The molecule has 0 radical (unpaired) electrons. The Morgan fingerprint density at radius 2 is 1.33 bits per heavy atom. The number of hydrogen-bond acceptors (Lipinski definition) is 1. The van der Waals surface area contributed by atoms with Gasteiger partial charge in [-0.2, -0.15) is 22.0 Å². The summed E-state index contributed by atoms with van der Waals surface area (Å²) < 4.78 is 62.8. The number of benzene rings is 1. The third-order valence-corrected chi connectivity index (χ3v) is 2.73. The van der Waals surface area contributed by atoms with E-state index in [1.165, 1.54) is 26.0 Å². The van der Waals surface area contributed by atoms with Crippen LogP contribution in [0.1, 0.15) is 28.4 Å². The van der Waals surface area contributed by atoms with Crippen molar-refractivity contribution in [1.82, 2.24) is 0 Å². The third kappa shape index (κ3) is 2.48. The molecule has 6 heteroatoms. The van der Waals surface area contributed by atoms with Gasteiger partial charge < -0.3 is 5.11 Å². The predicted molar refractivity (Wildman–Crippen MR) is 56.6 cm³/mol. The summed E-state index contributed by atoms with van der Waals surface area (Å²) in [4.78, 5) is 0. The average molecular weight is 268 g/mol. The summed E-state index contributed by atoms with van der Waals surface area (Å²) >= 11 is 0. The molecule has 1 N–H and O–H groups in total. The second-order valence-corrected chi connectivity index (χ2v) is 4.34. The molecule has 0 aliphatic rings. The molecule has 0 amide bonds. The highest BCUT2D eigenvalue weighted by Crippen LogP contribution is 2.45. The summed E-state index contributed by atoms with van der Waals surface area (Å²) in [5.41, 5.74) is 0.784. The van der Waals surface area contributed by atoms with Crippen LogP contribution in [-0.2, 0) is 0 Å². The number of rotatable bonds is 2. The first-order chi connectivity index (χ1) is 7.98. The Morgan fingerprint density at radius 3 is 1.67 bits per heavy atom. The predicted octanol–water partition coefficient (Wildman–Crippen LogP) is 3.84. The molecule has 0 fully saturated rings. The van der Waals surface area contributed by atoms with Crippen molar-refractivity contribution < 1.29 is 27.1 Å². The molecule has 0 bridgehead atoms. The van der Waals surface area contributed by atoms with Crippen LogP contribution in [0, 0.1) is 20.8 Å². The van der Waals surface area contributed by atoms with Gasteiger partial charge in [0.2, 0.25) is 0 Å². The number of aliphatic hydroxyl groups excluding tert-OH is 1. The minimum absolute atomic E-state index is 0.212. The maximum absolute atomic E-state index is 13.1. The lowest BCUT2D eigenvalue weighted by atomic mass is 9.92. The van der Waals surface area contributed by atoms with E-state index < -0.39 is 18.2 Å². The molecule has 1 nitrogen and oxygen atoms in total. The maximum atomic E-state index is 13.1. The number of aliphatic hydroxyl groups is 1. The van der Waals surface area contributed by atoms with Gasteiger partial charge in [0.1, 0.15) is 0 Å². The molecule has 1 rings (SSSR count). The third-order valence-electron chi connectivity index (χ3n) is 2.73. The van der Waals surface area contributed by atoms with Crippen molar-refractivity contribution in [3.8, 4) is 0 Å². The normalized spacial score (nSPS) is 14.7. The molecule has 1 atom stereocenters. The van der Waals surface area contributed by atoms with E-state index in [1.54, 1.807) is 6.92 Å². The largest absolute Gasteiger partial charge is 0.456 e. The molecular formula is C12H13F5O. The first-order valence-electron chi connectivity index (χ1n) is 5.19. The molecular weight excluding hydrogens is 255 g/mol. The van der Waals surface area contributed by atoms with E-state index in [2.05, 4.69) is 0 Å².